The molecule has 0 spiro atoms. The van der Waals surface area contributed by atoms with Gasteiger partial charge in [-0.1, -0.05) is 18.2 Å². The molecule has 0 unspecified atom stereocenters. The fraction of sp³-hybridized carbons (Fsp3) is 0. The lowest BCUT2D eigenvalue weighted by molar-refractivity contribution is 0.851. The number of hydrogen-bond acceptors (Lipinski definition) is 3. The van der Waals surface area contributed by atoms with Crippen LogP contribution in [0, 0.1) is 0 Å². The van der Waals surface area contributed by atoms with Gasteiger partial charge < -0.3 is 0 Å². The number of H-pyrrole nitrogens is 1. The lowest BCUT2D eigenvalue weighted by atomic mass is 10.3. The van der Waals surface area contributed by atoms with Crippen LogP contribution in [0.2, 0.25) is 0 Å². The van der Waals surface area contributed by atoms with E-state index in [0.717, 1.165) is 5.69 Å². The predicted molar refractivity (Wildman–Crippen MR) is 50.6 cm³/mol. The number of benzene rings is 1. The molecule has 0 amide bonds. The van der Waals surface area contributed by atoms with E-state index in [1.807, 2.05) is 30.3 Å². The fourth-order valence-corrected chi connectivity index (χ4v) is 1.39. The van der Waals surface area contributed by atoms with Gasteiger partial charge in [0.1, 0.15) is 0 Å². The molecule has 2 heterocycles. The molecule has 1 N–H and O–H groups in total. The van der Waals surface area contributed by atoms with Crippen molar-refractivity contribution in [3.63, 3.8) is 0 Å². The van der Waals surface area contributed by atoms with Crippen molar-refractivity contribution in [1.82, 2.24) is 9.78 Å². The molecular weight excluding hydrogens is 180 g/mol. The van der Waals surface area contributed by atoms with Gasteiger partial charge in [0.25, 0.3) is 0 Å². The summed E-state index contributed by atoms with van der Waals surface area (Å²) in [5.41, 5.74) is 1.05. The highest BCUT2D eigenvalue weighted by atomic mass is 16.1. The van der Waals surface area contributed by atoms with Crippen LogP contribution in [-0.4, -0.2) is 9.78 Å². The summed E-state index contributed by atoms with van der Waals surface area (Å²) < 4.78 is 1.44. The first-order valence-electron chi connectivity index (χ1n) is 4.18. The zero-order chi connectivity index (χ0) is 9.54. The monoisotopic (exact) mass is 186 g/mol. The van der Waals surface area contributed by atoms with E-state index in [1.54, 1.807) is 0 Å². The highest BCUT2D eigenvalue weighted by molar-refractivity contribution is 5.61. The smallest absolute Gasteiger partial charge is 0.271 e. The minimum atomic E-state index is -0.152. The number of azo groups is 1. The first-order valence-corrected chi connectivity index (χ1v) is 4.18. The summed E-state index contributed by atoms with van der Waals surface area (Å²) in [5.74, 6) is 0.554. The largest absolute Gasteiger partial charge is 0.301 e. The number of rotatable bonds is 1. The molecule has 5 nitrogen and oxygen atoms in total. The molecule has 0 fully saturated rings. The molecule has 0 radical (unpaired) electrons. The Bertz CT molecular complexity index is 564. The Morgan fingerprint density at radius 2 is 1.93 bits per heavy atom. The van der Waals surface area contributed by atoms with E-state index in [0.29, 0.717) is 11.5 Å². The van der Waals surface area contributed by atoms with Crippen LogP contribution in [0.3, 0.4) is 0 Å². The van der Waals surface area contributed by atoms with Crippen LogP contribution in [0.15, 0.2) is 45.4 Å². The normalized spacial score (nSPS) is 12.3. The summed E-state index contributed by atoms with van der Waals surface area (Å²) in [6, 6.07) is 9.32. The Labute approximate surface area is 78.7 Å². The molecule has 1 aromatic carbocycles. The van der Waals surface area contributed by atoms with Gasteiger partial charge in [0, 0.05) is 0 Å². The van der Waals surface area contributed by atoms with Crippen LogP contribution in [-0.2, 0) is 0 Å². The van der Waals surface area contributed by atoms with Gasteiger partial charge >= 0.3 is 5.56 Å². The highest BCUT2D eigenvalue weighted by Gasteiger charge is 2.20. The molecule has 5 heteroatoms. The Kier molecular flexibility index (Phi) is 1.25. The molecule has 0 atom stereocenters. The van der Waals surface area contributed by atoms with Crippen LogP contribution in [0.5, 0.6) is 0 Å². The zero-order valence-electron chi connectivity index (χ0n) is 7.14. The summed E-state index contributed by atoms with van der Waals surface area (Å²) in [5, 5.41) is 10.2. The summed E-state index contributed by atoms with van der Waals surface area (Å²) >= 11 is 0. The second-order valence-corrected chi connectivity index (χ2v) is 2.99. The van der Waals surface area contributed by atoms with Crippen molar-refractivity contribution >= 4 is 11.5 Å². The van der Waals surface area contributed by atoms with Gasteiger partial charge in [-0.3, -0.25) is 9.89 Å². The molecular formula is C9H6N4O. The quantitative estimate of drug-likeness (QED) is 0.619. The van der Waals surface area contributed by atoms with Crippen molar-refractivity contribution in [3.05, 3.63) is 40.7 Å². The third-order valence-corrected chi connectivity index (χ3v) is 2.11. The Morgan fingerprint density at radius 3 is 2.43 bits per heavy atom. The maximum Gasteiger partial charge on any atom is 0.301 e. The van der Waals surface area contributed by atoms with E-state index in [9.17, 15) is 4.79 Å². The number of nitrogens with one attached hydrogen (secondary N) is 1. The first-order chi connectivity index (χ1) is 6.86. The van der Waals surface area contributed by atoms with Gasteiger partial charge in [-0.15, -0.1) is 10.2 Å². The van der Waals surface area contributed by atoms with Crippen LogP contribution in [0.4, 0.5) is 11.5 Å². The van der Waals surface area contributed by atoms with Gasteiger partial charge in [0.2, 0.25) is 5.82 Å². The van der Waals surface area contributed by atoms with Crippen LogP contribution < -0.4 is 5.56 Å². The summed E-state index contributed by atoms with van der Waals surface area (Å²) in [6.45, 7) is 0. The molecule has 68 valence electrons. The molecule has 3 rings (SSSR count). The number of para-hydroxylation sites is 1. The molecule has 1 aliphatic heterocycles. The average Bonchev–Trinajstić information content (AvgIpc) is 2.38. The third kappa shape index (κ3) is 0.806. The molecule has 0 saturated heterocycles. The second-order valence-electron chi connectivity index (χ2n) is 2.99. The molecule has 14 heavy (non-hydrogen) atoms. The number of aromatic amines is 1. The number of fused-ring (bicyclic) bond motifs is 1. The van der Waals surface area contributed by atoms with Crippen molar-refractivity contribution < 1.29 is 0 Å². The van der Waals surface area contributed by atoms with Crippen LogP contribution in [0.1, 0.15) is 0 Å². The lowest BCUT2D eigenvalue weighted by Crippen LogP contribution is -2.13. The SMILES string of the molecule is O=c1c2c([nH]n1-c1ccccc1)N=N2. The first kappa shape index (κ1) is 7.25. The van der Waals surface area contributed by atoms with E-state index in [-0.39, 0.29) is 5.56 Å². The van der Waals surface area contributed by atoms with E-state index < -0.39 is 0 Å². The Balaban J connectivity index is 2.23. The molecule has 0 bridgehead atoms. The van der Waals surface area contributed by atoms with Crippen molar-refractivity contribution in [1.29, 1.82) is 0 Å². The number of aromatic nitrogens is 2. The predicted octanol–water partition coefficient (Wildman–Crippen LogP) is 1.89. The topological polar surface area (TPSA) is 62.5 Å². The lowest BCUT2D eigenvalue weighted by Gasteiger charge is -1.98. The molecule has 2 aromatic rings. The van der Waals surface area contributed by atoms with Crippen molar-refractivity contribution in [2.75, 3.05) is 0 Å². The number of nitrogens with zero attached hydrogens (tertiary/aromatic N) is 3. The Hall–Kier alpha value is -2.17. The second kappa shape index (κ2) is 2.41. The fourth-order valence-electron chi connectivity index (χ4n) is 1.39. The van der Waals surface area contributed by atoms with Gasteiger partial charge in [-0.25, -0.2) is 4.68 Å². The van der Waals surface area contributed by atoms with Crippen LogP contribution >= 0.6 is 0 Å². The van der Waals surface area contributed by atoms with E-state index in [1.165, 1.54) is 4.68 Å². The maximum absolute atomic E-state index is 11.6. The maximum atomic E-state index is 11.6. The standard InChI is InChI=1S/C9H6N4O/c14-9-7-8(11-10-7)12-13(9)6-4-2-1-3-5-6/h1-5H,(H,11,12). The minimum Gasteiger partial charge on any atom is -0.271 e. The van der Waals surface area contributed by atoms with Gasteiger partial charge in [0.15, 0.2) is 5.69 Å². The zero-order valence-corrected chi connectivity index (χ0v) is 7.14. The Morgan fingerprint density at radius 1 is 1.14 bits per heavy atom. The van der Waals surface area contributed by atoms with Crippen LogP contribution in [0.25, 0.3) is 5.69 Å². The van der Waals surface area contributed by atoms with E-state index in [2.05, 4.69) is 15.3 Å². The average molecular weight is 186 g/mol. The minimum absolute atomic E-state index is 0.152. The molecule has 1 aliphatic rings. The van der Waals surface area contributed by atoms with Gasteiger partial charge in [-0.05, 0) is 12.1 Å². The van der Waals surface area contributed by atoms with Crippen molar-refractivity contribution in [2.45, 2.75) is 0 Å². The molecule has 0 aliphatic carbocycles. The van der Waals surface area contributed by atoms with Gasteiger partial charge in [-0.2, -0.15) is 0 Å². The highest BCUT2D eigenvalue weighted by Crippen LogP contribution is 2.32. The van der Waals surface area contributed by atoms with Gasteiger partial charge in [0.05, 0.1) is 5.69 Å². The molecule has 0 saturated carbocycles. The summed E-state index contributed by atoms with van der Waals surface area (Å²) in [7, 11) is 0. The van der Waals surface area contributed by atoms with E-state index >= 15 is 0 Å². The van der Waals surface area contributed by atoms with Crippen molar-refractivity contribution in [2.24, 2.45) is 10.2 Å². The van der Waals surface area contributed by atoms with E-state index in [4.69, 9.17) is 0 Å². The molecule has 1 aromatic heterocycles. The number of hydrogen-bond donors (Lipinski definition) is 1. The summed E-state index contributed by atoms with van der Waals surface area (Å²) in [6.07, 6.45) is 0. The van der Waals surface area contributed by atoms with Crippen molar-refractivity contribution in [3.8, 4) is 5.69 Å². The third-order valence-electron chi connectivity index (χ3n) is 2.11. The summed E-state index contributed by atoms with van der Waals surface area (Å²) in [4.78, 5) is 11.6.